The number of hydrogen-bond acceptors (Lipinski definition) is 2. The van der Waals surface area contributed by atoms with Crippen LogP contribution in [0.5, 0.6) is 0 Å². The van der Waals surface area contributed by atoms with Crippen molar-refractivity contribution in [2.45, 2.75) is 5.50 Å². The third kappa shape index (κ3) is 1.35. The van der Waals surface area contributed by atoms with E-state index in [9.17, 15) is 0 Å². The van der Waals surface area contributed by atoms with Crippen LogP contribution in [0.2, 0.25) is 0 Å². The van der Waals surface area contributed by atoms with E-state index in [4.69, 9.17) is 11.6 Å². The third-order valence-corrected chi connectivity index (χ3v) is 1.11. The summed E-state index contributed by atoms with van der Waals surface area (Å²) in [6.07, 6.45) is 3.36. The molecule has 0 bridgehead atoms. The van der Waals surface area contributed by atoms with Crippen LogP contribution >= 0.6 is 23.8 Å². The lowest BCUT2D eigenvalue weighted by atomic mass is 10.5. The van der Waals surface area contributed by atoms with Gasteiger partial charge in [0.2, 0.25) is 0 Å². The van der Waals surface area contributed by atoms with Crippen molar-refractivity contribution in [2.24, 2.45) is 10.2 Å². The number of halogens is 1. The van der Waals surface area contributed by atoms with E-state index in [1.165, 1.54) is 0 Å². The van der Waals surface area contributed by atoms with Gasteiger partial charge in [-0.3, -0.25) is 0 Å². The van der Waals surface area contributed by atoms with Crippen LogP contribution in [0.25, 0.3) is 0 Å². The predicted octanol–water partition coefficient (Wildman–Crippen LogP) is 1.90. The van der Waals surface area contributed by atoms with Crippen LogP contribution in [0, 0.1) is 0 Å². The summed E-state index contributed by atoms with van der Waals surface area (Å²) in [4.78, 5) is 0.488. The van der Waals surface area contributed by atoms with E-state index in [1.807, 2.05) is 0 Å². The molecule has 0 spiro atoms. The topological polar surface area (TPSA) is 24.7 Å². The van der Waals surface area contributed by atoms with Crippen LogP contribution < -0.4 is 0 Å². The van der Waals surface area contributed by atoms with Gasteiger partial charge in [-0.1, -0.05) is 23.8 Å². The van der Waals surface area contributed by atoms with Crippen molar-refractivity contribution in [1.29, 1.82) is 0 Å². The van der Waals surface area contributed by atoms with Crippen LogP contribution in [-0.2, 0) is 0 Å². The number of thiocarbonyl (C=S) groups is 1. The predicted molar refractivity (Wildman–Crippen MR) is 36.2 cm³/mol. The summed E-state index contributed by atoms with van der Waals surface area (Å²) in [5.74, 6) is 0. The molecule has 0 aliphatic carbocycles. The van der Waals surface area contributed by atoms with Crippen molar-refractivity contribution in [2.75, 3.05) is 0 Å². The lowest BCUT2D eigenvalue weighted by molar-refractivity contribution is 1.01. The van der Waals surface area contributed by atoms with Crippen molar-refractivity contribution in [3.63, 3.8) is 0 Å². The Morgan fingerprint density at radius 3 is 2.88 bits per heavy atom. The van der Waals surface area contributed by atoms with Crippen LogP contribution in [0.3, 0.4) is 0 Å². The van der Waals surface area contributed by atoms with Crippen LogP contribution in [0.1, 0.15) is 0 Å². The Morgan fingerprint density at radius 2 is 2.50 bits per heavy atom. The van der Waals surface area contributed by atoms with Gasteiger partial charge in [-0.2, -0.15) is 5.11 Å². The first-order valence-corrected chi connectivity index (χ1v) is 2.90. The molecule has 42 valence electrons. The lowest BCUT2D eigenvalue weighted by Crippen LogP contribution is -1.95. The summed E-state index contributed by atoms with van der Waals surface area (Å²) in [5.41, 5.74) is -0.318. The van der Waals surface area contributed by atoms with E-state index in [1.54, 1.807) is 12.2 Å². The second kappa shape index (κ2) is 2.33. The van der Waals surface area contributed by atoms with Crippen molar-refractivity contribution in [1.82, 2.24) is 0 Å². The van der Waals surface area contributed by atoms with Crippen LogP contribution in [0.4, 0.5) is 0 Å². The maximum atomic E-state index is 5.48. The zero-order valence-electron chi connectivity index (χ0n) is 3.91. The highest BCUT2D eigenvalue weighted by Gasteiger charge is 2.00. The summed E-state index contributed by atoms with van der Waals surface area (Å²) in [7, 11) is 0. The fourth-order valence-electron chi connectivity index (χ4n) is 0.346. The molecule has 1 aliphatic rings. The molecule has 0 amide bonds. The molecule has 1 atom stereocenters. The van der Waals surface area contributed by atoms with Crippen molar-refractivity contribution in [3.05, 3.63) is 12.2 Å². The number of rotatable bonds is 0. The Balaban J connectivity index is 2.68. The van der Waals surface area contributed by atoms with Gasteiger partial charge in [0.05, 0.1) is 0 Å². The Hall–Kier alpha value is -0.280. The second-order valence-corrected chi connectivity index (χ2v) is 2.15. The summed E-state index contributed by atoms with van der Waals surface area (Å²) in [6, 6.07) is 0. The molecule has 1 aliphatic heterocycles. The summed E-state index contributed by atoms with van der Waals surface area (Å²) >= 11 is 10.1. The molecule has 0 aromatic heterocycles. The van der Waals surface area contributed by atoms with E-state index in [-0.39, 0.29) is 5.50 Å². The van der Waals surface area contributed by atoms with Crippen molar-refractivity contribution >= 4 is 28.8 Å². The first-order valence-electron chi connectivity index (χ1n) is 2.06. The maximum Gasteiger partial charge on any atom is 0.163 e. The molecule has 0 saturated heterocycles. The Bertz CT molecular complexity index is 147. The van der Waals surface area contributed by atoms with Crippen LogP contribution in [-0.4, -0.2) is 10.5 Å². The zero-order valence-corrected chi connectivity index (χ0v) is 5.49. The highest BCUT2D eigenvalue weighted by molar-refractivity contribution is 7.80. The van der Waals surface area contributed by atoms with Gasteiger partial charge in [-0.05, 0) is 12.2 Å². The Labute approximate surface area is 57.2 Å². The zero-order chi connectivity index (χ0) is 5.98. The first kappa shape index (κ1) is 5.85. The minimum atomic E-state index is -0.318. The molecular formula is C4H3ClN2S. The maximum absolute atomic E-state index is 5.48. The van der Waals surface area contributed by atoms with Gasteiger partial charge in [-0.15, -0.1) is 5.11 Å². The molecule has 0 aromatic rings. The Kier molecular flexibility index (Phi) is 1.70. The number of hydrogen-bond donors (Lipinski definition) is 0. The second-order valence-electron chi connectivity index (χ2n) is 1.29. The summed E-state index contributed by atoms with van der Waals surface area (Å²) in [5, 5.41) is 7.12. The van der Waals surface area contributed by atoms with Gasteiger partial charge in [0.25, 0.3) is 0 Å². The number of nitrogens with zero attached hydrogens (tertiary/aromatic N) is 2. The first-order chi connectivity index (χ1) is 3.79. The fraction of sp³-hybridized carbons (Fsp3) is 0.250. The highest BCUT2D eigenvalue weighted by Crippen LogP contribution is 2.06. The van der Waals surface area contributed by atoms with Crippen molar-refractivity contribution < 1.29 is 0 Å². The molecule has 0 radical (unpaired) electrons. The molecule has 2 nitrogen and oxygen atoms in total. The monoisotopic (exact) mass is 146 g/mol. The van der Waals surface area contributed by atoms with E-state index in [0.717, 1.165) is 0 Å². The smallest absolute Gasteiger partial charge is 0.163 e. The van der Waals surface area contributed by atoms with E-state index in [2.05, 4.69) is 22.4 Å². The molecule has 1 unspecified atom stereocenters. The third-order valence-electron chi connectivity index (χ3n) is 0.664. The minimum absolute atomic E-state index is 0.318. The van der Waals surface area contributed by atoms with Gasteiger partial charge in [-0.25, -0.2) is 0 Å². The number of azo groups is 1. The van der Waals surface area contributed by atoms with Gasteiger partial charge < -0.3 is 0 Å². The lowest BCUT2D eigenvalue weighted by Gasteiger charge is -1.97. The van der Waals surface area contributed by atoms with Gasteiger partial charge >= 0.3 is 0 Å². The van der Waals surface area contributed by atoms with E-state index < -0.39 is 0 Å². The van der Waals surface area contributed by atoms with Gasteiger partial charge in [0.1, 0.15) is 4.99 Å². The average molecular weight is 147 g/mol. The largest absolute Gasteiger partial charge is 0.164 e. The summed E-state index contributed by atoms with van der Waals surface area (Å²) < 4.78 is 0. The average Bonchev–Trinajstić information content (AvgIpc) is 1.77. The number of alkyl halides is 1. The quantitative estimate of drug-likeness (QED) is 0.291. The minimum Gasteiger partial charge on any atom is -0.164 e. The molecule has 1 rings (SSSR count). The van der Waals surface area contributed by atoms with Crippen molar-refractivity contribution in [3.8, 4) is 0 Å². The van der Waals surface area contributed by atoms with Crippen LogP contribution in [0.15, 0.2) is 22.4 Å². The highest BCUT2D eigenvalue weighted by atomic mass is 35.5. The van der Waals surface area contributed by atoms with Gasteiger partial charge in [0, 0.05) is 0 Å². The molecule has 4 heteroatoms. The molecule has 8 heavy (non-hydrogen) atoms. The Morgan fingerprint density at radius 1 is 1.75 bits per heavy atom. The van der Waals surface area contributed by atoms with Gasteiger partial charge in [0.15, 0.2) is 5.50 Å². The molecule has 0 aromatic carbocycles. The van der Waals surface area contributed by atoms with E-state index >= 15 is 0 Å². The standard InChI is InChI=1S/C4H3ClN2S/c5-3-1-2-4(8)7-6-3/h1-3H. The fourth-order valence-corrected chi connectivity index (χ4v) is 0.588. The molecule has 0 N–H and O–H groups in total. The van der Waals surface area contributed by atoms with E-state index in [0.29, 0.717) is 4.99 Å². The SMILES string of the molecule is S=C1C=CC(Cl)N=N1. The molecule has 1 heterocycles. The summed E-state index contributed by atoms with van der Waals surface area (Å²) in [6.45, 7) is 0. The molecular weight excluding hydrogens is 144 g/mol. The normalized spacial score (nSPS) is 26.6. The molecule has 0 saturated carbocycles. The molecule has 0 fully saturated rings.